The van der Waals surface area contributed by atoms with Gasteiger partial charge in [-0.05, 0) is 25.0 Å². The van der Waals surface area contributed by atoms with Crippen LogP contribution in [0, 0.1) is 11.3 Å². The molecule has 2 heterocycles. The molecule has 1 aliphatic heterocycles. The zero-order valence-electron chi connectivity index (χ0n) is 11.2. The van der Waals surface area contributed by atoms with E-state index in [0.717, 1.165) is 25.5 Å². The van der Waals surface area contributed by atoms with Crippen LogP contribution in [0.5, 0.6) is 0 Å². The summed E-state index contributed by atoms with van der Waals surface area (Å²) in [5, 5.41) is 12.6. The van der Waals surface area contributed by atoms with Gasteiger partial charge < -0.3 is 10.2 Å². The molecular formula is C15H20N4. The lowest BCUT2D eigenvalue weighted by atomic mass is 9.79. The van der Waals surface area contributed by atoms with Gasteiger partial charge in [0.1, 0.15) is 5.82 Å². The Hall–Kier alpha value is -1.60. The highest BCUT2D eigenvalue weighted by Crippen LogP contribution is 2.37. The molecule has 1 aromatic rings. The summed E-state index contributed by atoms with van der Waals surface area (Å²) in [5.74, 6) is 0.974. The first-order valence-corrected chi connectivity index (χ1v) is 7.19. The van der Waals surface area contributed by atoms with Crippen LogP contribution in [0.3, 0.4) is 0 Å². The van der Waals surface area contributed by atoms with Crippen LogP contribution in [0.4, 0.5) is 5.82 Å². The van der Waals surface area contributed by atoms with Gasteiger partial charge in [-0.3, -0.25) is 0 Å². The fourth-order valence-corrected chi connectivity index (χ4v) is 3.49. The van der Waals surface area contributed by atoms with Crippen LogP contribution < -0.4 is 10.2 Å². The van der Waals surface area contributed by atoms with Crippen molar-refractivity contribution >= 4 is 5.82 Å². The van der Waals surface area contributed by atoms with Crippen molar-refractivity contribution in [3.63, 3.8) is 0 Å². The smallest absolute Gasteiger partial charge is 0.130 e. The highest BCUT2D eigenvalue weighted by Gasteiger charge is 2.40. The van der Waals surface area contributed by atoms with Gasteiger partial charge >= 0.3 is 0 Å². The van der Waals surface area contributed by atoms with Crippen LogP contribution in [0.2, 0.25) is 0 Å². The van der Waals surface area contributed by atoms with Crippen LogP contribution >= 0.6 is 0 Å². The average Bonchev–Trinajstić information content (AvgIpc) is 2.49. The number of hydrogen-bond acceptors (Lipinski definition) is 4. The monoisotopic (exact) mass is 256 g/mol. The lowest BCUT2D eigenvalue weighted by molar-refractivity contribution is 0.239. The van der Waals surface area contributed by atoms with Gasteiger partial charge in [0, 0.05) is 25.8 Å². The van der Waals surface area contributed by atoms with E-state index in [0.29, 0.717) is 5.56 Å². The molecule has 3 rings (SSSR count). The molecule has 0 unspecified atom stereocenters. The van der Waals surface area contributed by atoms with E-state index in [1.54, 1.807) is 12.3 Å². The second kappa shape index (κ2) is 5.18. The molecule has 2 fully saturated rings. The van der Waals surface area contributed by atoms with Crippen molar-refractivity contribution in [3.8, 4) is 6.07 Å². The standard InChI is InChI=1S/C15H20N4/c16-11-13-4-7-18-14(10-13)19-9-8-17-12-15(19)5-2-1-3-6-15/h4,7,10,17H,1-3,5-6,8-9,12H2. The van der Waals surface area contributed by atoms with Crippen LogP contribution in [0.15, 0.2) is 18.3 Å². The molecule has 100 valence electrons. The Morgan fingerprint density at radius 2 is 2.16 bits per heavy atom. The van der Waals surface area contributed by atoms with E-state index in [1.807, 2.05) is 6.07 Å². The van der Waals surface area contributed by atoms with Crippen LogP contribution in [0.1, 0.15) is 37.7 Å². The predicted molar refractivity (Wildman–Crippen MR) is 75.0 cm³/mol. The maximum absolute atomic E-state index is 9.05. The molecular weight excluding hydrogens is 236 g/mol. The number of aromatic nitrogens is 1. The van der Waals surface area contributed by atoms with Gasteiger partial charge in [-0.1, -0.05) is 19.3 Å². The molecule has 0 aromatic carbocycles. The molecule has 1 saturated carbocycles. The highest BCUT2D eigenvalue weighted by atomic mass is 15.3. The first kappa shape index (κ1) is 12.4. The SMILES string of the molecule is N#Cc1ccnc(N2CCNCC23CCCCC3)c1. The molecule has 0 bridgehead atoms. The third-order valence-electron chi connectivity index (χ3n) is 4.47. The quantitative estimate of drug-likeness (QED) is 0.835. The molecule has 2 aliphatic rings. The number of rotatable bonds is 1. The Bertz CT molecular complexity index is 477. The molecule has 4 nitrogen and oxygen atoms in total. The fraction of sp³-hybridized carbons (Fsp3) is 0.600. The minimum Gasteiger partial charge on any atom is -0.348 e. The van der Waals surface area contributed by atoms with Crippen molar-refractivity contribution in [2.45, 2.75) is 37.6 Å². The summed E-state index contributed by atoms with van der Waals surface area (Å²) in [4.78, 5) is 6.96. The summed E-state index contributed by atoms with van der Waals surface area (Å²) in [6.07, 6.45) is 8.18. The number of pyridine rings is 1. The first-order valence-electron chi connectivity index (χ1n) is 7.19. The number of piperazine rings is 1. The summed E-state index contributed by atoms with van der Waals surface area (Å²) >= 11 is 0. The van der Waals surface area contributed by atoms with Crippen LogP contribution in [-0.2, 0) is 0 Å². The molecule has 1 spiro atoms. The van der Waals surface area contributed by atoms with Crippen LogP contribution in [-0.4, -0.2) is 30.2 Å². The van der Waals surface area contributed by atoms with Gasteiger partial charge in [-0.2, -0.15) is 5.26 Å². The van der Waals surface area contributed by atoms with E-state index < -0.39 is 0 Å². The number of hydrogen-bond donors (Lipinski definition) is 1. The predicted octanol–water partition coefficient (Wildman–Crippen LogP) is 2.07. The molecule has 19 heavy (non-hydrogen) atoms. The maximum Gasteiger partial charge on any atom is 0.130 e. The minimum atomic E-state index is 0.220. The maximum atomic E-state index is 9.05. The van der Waals surface area contributed by atoms with E-state index in [-0.39, 0.29) is 5.54 Å². The van der Waals surface area contributed by atoms with Gasteiger partial charge in [-0.25, -0.2) is 4.98 Å². The molecule has 1 saturated heterocycles. The van der Waals surface area contributed by atoms with Crippen molar-refractivity contribution in [1.29, 1.82) is 5.26 Å². The molecule has 0 radical (unpaired) electrons. The van der Waals surface area contributed by atoms with Gasteiger partial charge in [0.05, 0.1) is 17.2 Å². The molecule has 1 aliphatic carbocycles. The van der Waals surface area contributed by atoms with Crippen LogP contribution in [0.25, 0.3) is 0 Å². The van der Waals surface area contributed by atoms with Crippen molar-refractivity contribution in [3.05, 3.63) is 23.9 Å². The fourth-order valence-electron chi connectivity index (χ4n) is 3.49. The molecule has 0 atom stereocenters. The Labute approximate surface area is 114 Å². The van der Waals surface area contributed by atoms with Gasteiger partial charge in [0.2, 0.25) is 0 Å². The Balaban J connectivity index is 1.93. The van der Waals surface area contributed by atoms with Crippen molar-refractivity contribution in [1.82, 2.24) is 10.3 Å². The highest BCUT2D eigenvalue weighted by molar-refractivity contribution is 5.48. The Morgan fingerprint density at radius 1 is 1.32 bits per heavy atom. The zero-order chi connectivity index (χ0) is 13.1. The molecule has 1 N–H and O–H groups in total. The van der Waals surface area contributed by atoms with Gasteiger partial charge in [0.15, 0.2) is 0 Å². The lowest BCUT2D eigenvalue weighted by Gasteiger charge is -2.50. The summed E-state index contributed by atoms with van der Waals surface area (Å²) < 4.78 is 0. The summed E-state index contributed by atoms with van der Waals surface area (Å²) in [6.45, 7) is 3.04. The summed E-state index contributed by atoms with van der Waals surface area (Å²) in [5.41, 5.74) is 0.923. The third-order valence-corrected chi connectivity index (χ3v) is 4.47. The Kier molecular flexibility index (Phi) is 3.39. The van der Waals surface area contributed by atoms with E-state index in [4.69, 9.17) is 5.26 Å². The van der Waals surface area contributed by atoms with Gasteiger partial charge in [-0.15, -0.1) is 0 Å². The van der Waals surface area contributed by atoms with Crippen molar-refractivity contribution in [2.75, 3.05) is 24.5 Å². The number of nitriles is 1. The second-order valence-electron chi connectivity index (χ2n) is 5.63. The molecule has 1 aromatic heterocycles. The normalized spacial score (nSPS) is 22.2. The minimum absolute atomic E-state index is 0.220. The largest absolute Gasteiger partial charge is 0.348 e. The summed E-state index contributed by atoms with van der Waals surface area (Å²) in [6, 6.07) is 5.92. The molecule has 0 amide bonds. The van der Waals surface area contributed by atoms with Crippen molar-refractivity contribution < 1.29 is 0 Å². The topological polar surface area (TPSA) is 52.0 Å². The average molecular weight is 256 g/mol. The number of nitrogens with zero attached hydrogens (tertiary/aromatic N) is 3. The third kappa shape index (κ3) is 2.31. The number of nitrogens with one attached hydrogen (secondary N) is 1. The van der Waals surface area contributed by atoms with E-state index in [9.17, 15) is 0 Å². The lowest BCUT2D eigenvalue weighted by Crippen LogP contribution is -2.62. The summed E-state index contributed by atoms with van der Waals surface area (Å²) in [7, 11) is 0. The van der Waals surface area contributed by atoms with E-state index in [1.165, 1.54) is 32.1 Å². The molecule has 4 heteroatoms. The number of anilines is 1. The Morgan fingerprint density at radius 3 is 2.95 bits per heavy atom. The second-order valence-corrected chi connectivity index (χ2v) is 5.63. The van der Waals surface area contributed by atoms with Gasteiger partial charge in [0.25, 0.3) is 0 Å². The van der Waals surface area contributed by atoms with E-state index in [2.05, 4.69) is 21.3 Å². The van der Waals surface area contributed by atoms with E-state index >= 15 is 0 Å². The zero-order valence-corrected chi connectivity index (χ0v) is 11.2. The first-order chi connectivity index (χ1) is 9.34. The van der Waals surface area contributed by atoms with Crippen molar-refractivity contribution in [2.24, 2.45) is 0 Å².